The number of amides is 1. The molecule has 1 unspecified atom stereocenters. The summed E-state index contributed by atoms with van der Waals surface area (Å²) in [7, 11) is 0. The third kappa shape index (κ3) is 4.86. The minimum Gasteiger partial charge on any atom is -0.324 e. The van der Waals surface area contributed by atoms with Gasteiger partial charge in [0.1, 0.15) is 0 Å². The van der Waals surface area contributed by atoms with Crippen molar-refractivity contribution in [1.29, 1.82) is 0 Å². The fourth-order valence-corrected chi connectivity index (χ4v) is 2.59. The molecule has 0 aliphatic heterocycles. The van der Waals surface area contributed by atoms with E-state index >= 15 is 0 Å². The van der Waals surface area contributed by atoms with Crippen molar-refractivity contribution in [2.24, 2.45) is 0 Å². The van der Waals surface area contributed by atoms with E-state index in [9.17, 15) is 27.6 Å². The Morgan fingerprint density at radius 3 is 2.64 bits per heavy atom. The first-order valence-corrected chi connectivity index (χ1v) is 7.87. The predicted octanol–water partition coefficient (Wildman–Crippen LogP) is 2.25. The fraction of sp³-hybridized carbons (Fsp3) is 0.231. The number of hydrogen-bond acceptors (Lipinski definition) is 5. The molecule has 7 nitrogen and oxygen atoms in total. The molecule has 0 spiro atoms. The van der Waals surface area contributed by atoms with Crippen LogP contribution in [-0.2, 0) is 11.0 Å². The van der Waals surface area contributed by atoms with Crippen LogP contribution in [0, 0.1) is 0 Å². The molecule has 0 saturated carbocycles. The lowest BCUT2D eigenvalue weighted by molar-refractivity contribution is -0.137. The smallest absolute Gasteiger partial charge is 0.324 e. The largest absolute Gasteiger partial charge is 0.416 e. The lowest BCUT2D eigenvalue weighted by atomic mass is 10.2. The Balaban J connectivity index is 2.16. The first-order chi connectivity index (χ1) is 11.6. The molecule has 1 aromatic heterocycles. The van der Waals surface area contributed by atoms with E-state index in [-0.39, 0.29) is 15.7 Å². The van der Waals surface area contributed by atoms with E-state index < -0.39 is 34.1 Å². The summed E-state index contributed by atoms with van der Waals surface area (Å²) >= 11 is 6.52. The molecule has 2 aromatic rings. The third-order valence-corrected chi connectivity index (χ3v) is 4.29. The number of benzene rings is 1. The molecule has 0 radical (unpaired) electrons. The number of carbonyl (C=O) groups excluding carboxylic acids is 1. The second-order valence-electron chi connectivity index (χ2n) is 4.75. The van der Waals surface area contributed by atoms with Crippen LogP contribution >= 0.6 is 23.4 Å². The number of rotatable bonds is 4. The third-order valence-electron chi connectivity index (χ3n) is 2.89. The first kappa shape index (κ1) is 19.1. The average molecular weight is 395 g/mol. The maximum Gasteiger partial charge on any atom is 0.416 e. The number of nitrogens with zero attached hydrogens (tertiary/aromatic N) is 1. The summed E-state index contributed by atoms with van der Waals surface area (Å²) in [6, 6.07) is 2.52. The Kier molecular flexibility index (Phi) is 5.58. The van der Waals surface area contributed by atoms with Gasteiger partial charge in [-0.25, -0.2) is 9.89 Å². The molecule has 0 bridgehead atoms. The molecule has 25 heavy (non-hydrogen) atoms. The van der Waals surface area contributed by atoms with E-state index in [1.807, 2.05) is 10.1 Å². The fourth-order valence-electron chi connectivity index (χ4n) is 1.67. The summed E-state index contributed by atoms with van der Waals surface area (Å²) in [6.07, 6.45) is -4.59. The number of nitrogens with one attached hydrogen (secondary N) is 3. The molecule has 1 aromatic carbocycles. The zero-order valence-corrected chi connectivity index (χ0v) is 14.0. The zero-order valence-electron chi connectivity index (χ0n) is 12.4. The highest BCUT2D eigenvalue weighted by Gasteiger charge is 2.31. The number of anilines is 1. The van der Waals surface area contributed by atoms with Crippen molar-refractivity contribution in [3.05, 3.63) is 49.6 Å². The van der Waals surface area contributed by atoms with Crippen LogP contribution in [0.15, 0.2) is 32.8 Å². The van der Waals surface area contributed by atoms with Crippen LogP contribution in [0.5, 0.6) is 0 Å². The van der Waals surface area contributed by atoms with E-state index in [2.05, 4.69) is 10.4 Å². The topological polar surface area (TPSA) is 108 Å². The van der Waals surface area contributed by atoms with E-state index in [1.165, 1.54) is 6.92 Å². The predicted molar refractivity (Wildman–Crippen MR) is 85.9 cm³/mol. The van der Waals surface area contributed by atoms with Crippen LogP contribution in [0.3, 0.4) is 0 Å². The molecule has 1 amide bonds. The van der Waals surface area contributed by atoms with Crippen molar-refractivity contribution >= 4 is 35.0 Å². The Labute approximate surface area is 147 Å². The molecule has 0 aliphatic rings. The molecule has 0 aliphatic carbocycles. The minimum absolute atomic E-state index is 0.0708. The Hall–Kier alpha value is -2.27. The molecule has 12 heteroatoms. The van der Waals surface area contributed by atoms with Gasteiger partial charge in [0.2, 0.25) is 5.91 Å². The van der Waals surface area contributed by atoms with Gasteiger partial charge >= 0.3 is 11.9 Å². The molecule has 1 atom stereocenters. The van der Waals surface area contributed by atoms with Gasteiger partial charge in [-0.2, -0.15) is 18.3 Å². The number of aromatic amines is 2. The highest BCUT2D eigenvalue weighted by Crippen LogP contribution is 2.34. The van der Waals surface area contributed by atoms with Gasteiger partial charge < -0.3 is 5.32 Å². The van der Waals surface area contributed by atoms with Crippen molar-refractivity contribution in [3.63, 3.8) is 0 Å². The second-order valence-corrected chi connectivity index (χ2v) is 6.49. The van der Waals surface area contributed by atoms with Crippen LogP contribution < -0.4 is 16.6 Å². The molecule has 2 rings (SSSR count). The first-order valence-electron chi connectivity index (χ1n) is 6.61. The Morgan fingerprint density at radius 1 is 1.36 bits per heavy atom. The summed E-state index contributed by atoms with van der Waals surface area (Å²) in [4.78, 5) is 36.5. The molecule has 3 N–H and O–H groups in total. The van der Waals surface area contributed by atoms with Crippen LogP contribution in [0.2, 0.25) is 5.02 Å². The zero-order chi connectivity index (χ0) is 18.8. The van der Waals surface area contributed by atoms with Crippen molar-refractivity contribution in [2.45, 2.75) is 23.4 Å². The van der Waals surface area contributed by atoms with E-state index in [1.54, 1.807) is 0 Å². The van der Waals surface area contributed by atoms with E-state index in [0.29, 0.717) is 6.07 Å². The molecular weight excluding hydrogens is 385 g/mol. The van der Waals surface area contributed by atoms with Crippen LogP contribution in [-0.4, -0.2) is 26.3 Å². The standard InChI is InChI=1S/C13H10ClF3N4O3S/c1-5(25-11-10(23)19-12(24)21-20-11)9(22)18-8-4-6(13(15,16)17)2-3-7(8)14/h2-5H,1H3,(H,18,22)(H2,19,21,23,24). The summed E-state index contributed by atoms with van der Waals surface area (Å²) in [5.74, 6) is -0.696. The Bertz CT molecular complexity index is 912. The number of alkyl halides is 3. The molecular formula is C13H10ClF3N4O3S. The molecule has 134 valence electrons. The summed E-state index contributed by atoms with van der Waals surface area (Å²) in [6.45, 7) is 1.41. The number of thioether (sulfide) groups is 1. The van der Waals surface area contributed by atoms with Gasteiger partial charge in [-0.05, 0) is 25.1 Å². The SMILES string of the molecule is CC(Sc1n[nH]c(=O)[nH]c1=O)C(=O)Nc1cc(C(F)(F)F)ccc1Cl. The number of halogens is 4. The summed E-state index contributed by atoms with van der Waals surface area (Å²) in [5, 5.41) is 6.64. The molecule has 0 saturated heterocycles. The van der Waals surface area contributed by atoms with Gasteiger partial charge in [0.05, 0.1) is 21.5 Å². The average Bonchev–Trinajstić information content (AvgIpc) is 2.50. The van der Waals surface area contributed by atoms with Crippen LogP contribution in [0.1, 0.15) is 12.5 Å². The van der Waals surface area contributed by atoms with Crippen molar-refractivity contribution < 1.29 is 18.0 Å². The number of carbonyl (C=O) groups is 1. The van der Waals surface area contributed by atoms with Crippen LogP contribution in [0.25, 0.3) is 0 Å². The minimum atomic E-state index is -4.59. The number of H-pyrrole nitrogens is 2. The van der Waals surface area contributed by atoms with Gasteiger partial charge in [0.15, 0.2) is 5.03 Å². The van der Waals surface area contributed by atoms with E-state index in [0.717, 1.165) is 23.9 Å². The highest BCUT2D eigenvalue weighted by molar-refractivity contribution is 8.00. The van der Waals surface area contributed by atoms with Crippen LogP contribution in [0.4, 0.5) is 18.9 Å². The van der Waals surface area contributed by atoms with Crippen molar-refractivity contribution in [3.8, 4) is 0 Å². The molecule has 0 fully saturated rings. The normalized spacial score (nSPS) is 12.7. The summed E-state index contributed by atoms with van der Waals surface area (Å²) in [5.41, 5.74) is -2.77. The number of hydrogen-bond donors (Lipinski definition) is 3. The monoisotopic (exact) mass is 394 g/mol. The summed E-state index contributed by atoms with van der Waals surface area (Å²) < 4.78 is 38.2. The number of aromatic nitrogens is 3. The van der Waals surface area contributed by atoms with Crippen molar-refractivity contribution in [1.82, 2.24) is 15.2 Å². The maximum atomic E-state index is 12.7. The van der Waals surface area contributed by atoms with Gasteiger partial charge in [-0.1, -0.05) is 23.4 Å². The highest BCUT2D eigenvalue weighted by atomic mass is 35.5. The van der Waals surface area contributed by atoms with Gasteiger partial charge in [0, 0.05) is 0 Å². The lowest BCUT2D eigenvalue weighted by Crippen LogP contribution is -2.28. The van der Waals surface area contributed by atoms with Gasteiger partial charge in [-0.3, -0.25) is 14.6 Å². The molecule has 1 heterocycles. The van der Waals surface area contributed by atoms with Gasteiger partial charge in [0.25, 0.3) is 5.56 Å². The second kappa shape index (κ2) is 7.31. The maximum absolute atomic E-state index is 12.7. The Morgan fingerprint density at radius 2 is 2.04 bits per heavy atom. The van der Waals surface area contributed by atoms with Crippen molar-refractivity contribution in [2.75, 3.05) is 5.32 Å². The van der Waals surface area contributed by atoms with E-state index in [4.69, 9.17) is 11.6 Å². The quantitative estimate of drug-likeness (QED) is 0.689. The van der Waals surface area contributed by atoms with Gasteiger partial charge in [-0.15, -0.1) is 0 Å². The lowest BCUT2D eigenvalue weighted by Gasteiger charge is -2.14.